The van der Waals surface area contributed by atoms with Crippen LogP contribution in [0.1, 0.15) is 49.7 Å². The van der Waals surface area contributed by atoms with E-state index >= 15 is 0 Å². The number of aliphatic hydroxyl groups excluding tert-OH is 1. The maximum atomic E-state index is 10.5. The van der Waals surface area contributed by atoms with Crippen molar-refractivity contribution in [3.63, 3.8) is 0 Å². The summed E-state index contributed by atoms with van der Waals surface area (Å²) < 4.78 is 0. The maximum Gasteiger partial charge on any atom is 0.0699 e. The molecule has 1 aliphatic heterocycles. The Morgan fingerprint density at radius 3 is 2.63 bits per heavy atom. The zero-order valence-electron chi connectivity index (χ0n) is 11.6. The molecule has 1 aliphatic carbocycles. The highest BCUT2D eigenvalue weighted by atomic mass is 16.3. The second kappa shape index (κ2) is 6.06. The Balaban J connectivity index is 1.58. The fourth-order valence-corrected chi connectivity index (χ4v) is 3.68. The van der Waals surface area contributed by atoms with Crippen molar-refractivity contribution in [3.05, 3.63) is 35.4 Å². The van der Waals surface area contributed by atoms with Gasteiger partial charge in [0.1, 0.15) is 0 Å². The number of aliphatic hydroxyl groups is 1. The second-order valence-corrected chi connectivity index (χ2v) is 6.27. The van der Waals surface area contributed by atoms with Crippen molar-refractivity contribution in [2.24, 2.45) is 5.92 Å². The van der Waals surface area contributed by atoms with Gasteiger partial charge in [0.25, 0.3) is 0 Å². The lowest BCUT2D eigenvalue weighted by Crippen LogP contribution is -2.45. The first-order valence-corrected chi connectivity index (χ1v) is 7.81. The lowest BCUT2D eigenvalue weighted by molar-refractivity contribution is 0.0879. The van der Waals surface area contributed by atoms with E-state index in [1.54, 1.807) is 0 Å². The average molecular weight is 259 g/mol. The first-order chi connectivity index (χ1) is 9.33. The van der Waals surface area contributed by atoms with Gasteiger partial charge in [0.2, 0.25) is 0 Å². The lowest BCUT2D eigenvalue weighted by atomic mass is 9.82. The zero-order chi connectivity index (χ0) is 13.1. The molecule has 3 rings (SSSR count). The van der Waals surface area contributed by atoms with Crippen LogP contribution in [0.15, 0.2) is 24.3 Å². The molecule has 1 fully saturated rings. The summed E-state index contributed by atoms with van der Waals surface area (Å²) in [5.74, 6) is 0.753. The van der Waals surface area contributed by atoms with Gasteiger partial charge in [-0.15, -0.1) is 0 Å². The molecule has 0 aromatic heterocycles. The number of hydrogen-bond acceptors (Lipinski definition) is 2. The van der Waals surface area contributed by atoms with Crippen LogP contribution in [0.25, 0.3) is 0 Å². The van der Waals surface area contributed by atoms with Gasteiger partial charge in [0.15, 0.2) is 0 Å². The quantitative estimate of drug-likeness (QED) is 0.874. The molecule has 0 amide bonds. The third-order valence-corrected chi connectivity index (χ3v) is 4.88. The van der Waals surface area contributed by atoms with Crippen LogP contribution >= 0.6 is 0 Å². The van der Waals surface area contributed by atoms with Crippen molar-refractivity contribution in [3.8, 4) is 0 Å². The van der Waals surface area contributed by atoms with E-state index in [0.717, 1.165) is 25.3 Å². The SMILES string of the molecule is O[C@H](CC1CCCCC1)[C@@H]1Cc2ccccc2CN1. The fraction of sp³-hybridized carbons (Fsp3) is 0.647. The first kappa shape index (κ1) is 13.1. The fourth-order valence-electron chi connectivity index (χ4n) is 3.68. The smallest absolute Gasteiger partial charge is 0.0699 e. The number of benzene rings is 1. The summed E-state index contributed by atoms with van der Waals surface area (Å²) in [5, 5.41) is 14.0. The zero-order valence-corrected chi connectivity index (χ0v) is 11.6. The molecule has 0 bridgehead atoms. The maximum absolute atomic E-state index is 10.5. The third-order valence-electron chi connectivity index (χ3n) is 4.88. The van der Waals surface area contributed by atoms with E-state index in [1.807, 2.05) is 0 Å². The Kier molecular flexibility index (Phi) is 4.19. The molecule has 0 saturated heterocycles. The summed E-state index contributed by atoms with van der Waals surface area (Å²) in [5.41, 5.74) is 2.80. The molecule has 0 spiro atoms. The van der Waals surface area contributed by atoms with Crippen LogP contribution in [0.5, 0.6) is 0 Å². The monoisotopic (exact) mass is 259 g/mol. The van der Waals surface area contributed by atoms with E-state index in [-0.39, 0.29) is 12.1 Å². The van der Waals surface area contributed by atoms with Crippen molar-refractivity contribution in [2.45, 2.75) is 63.6 Å². The van der Waals surface area contributed by atoms with Gasteiger partial charge in [-0.25, -0.2) is 0 Å². The molecule has 1 aromatic rings. The normalized spacial score (nSPS) is 25.8. The van der Waals surface area contributed by atoms with Crippen LogP contribution in [0.2, 0.25) is 0 Å². The minimum absolute atomic E-state index is 0.184. The molecule has 0 unspecified atom stereocenters. The summed E-state index contributed by atoms with van der Waals surface area (Å²) in [6.07, 6.45) is 8.53. The molecule has 1 aromatic carbocycles. The minimum atomic E-state index is -0.184. The average Bonchev–Trinajstić information content (AvgIpc) is 2.48. The molecule has 0 radical (unpaired) electrons. The van der Waals surface area contributed by atoms with E-state index in [1.165, 1.54) is 43.2 Å². The highest BCUT2D eigenvalue weighted by Crippen LogP contribution is 2.29. The molecule has 1 heterocycles. The number of hydrogen-bond donors (Lipinski definition) is 2. The predicted octanol–water partition coefficient (Wildman–Crippen LogP) is 3.03. The van der Waals surface area contributed by atoms with Gasteiger partial charge >= 0.3 is 0 Å². The molecular formula is C17H25NO. The van der Waals surface area contributed by atoms with Gasteiger partial charge in [-0.2, -0.15) is 0 Å². The number of rotatable bonds is 3. The topological polar surface area (TPSA) is 32.3 Å². The molecule has 19 heavy (non-hydrogen) atoms. The van der Waals surface area contributed by atoms with Crippen LogP contribution in [0.4, 0.5) is 0 Å². The van der Waals surface area contributed by atoms with Crippen molar-refractivity contribution in [2.75, 3.05) is 0 Å². The Morgan fingerprint density at radius 2 is 1.84 bits per heavy atom. The Bertz CT molecular complexity index is 411. The molecular weight excluding hydrogens is 234 g/mol. The molecule has 104 valence electrons. The Hall–Kier alpha value is -0.860. The van der Waals surface area contributed by atoms with Crippen LogP contribution in [-0.2, 0) is 13.0 Å². The summed E-state index contributed by atoms with van der Waals surface area (Å²) >= 11 is 0. The number of nitrogens with one attached hydrogen (secondary N) is 1. The molecule has 2 heteroatoms. The van der Waals surface area contributed by atoms with Crippen LogP contribution < -0.4 is 5.32 Å². The van der Waals surface area contributed by atoms with E-state index in [9.17, 15) is 5.11 Å². The van der Waals surface area contributed by atoms with E-state index in [4.69, 9.17) is 0 Å². The van der Waals surface area contributed by atoms with Crippen molar-refractivity contribution in [1.29, 1.82) is 0 Å². The predicted molar refractivity (Wildman–Crippen MR) is 78.0 cm³/mol. The molecule has 2 nitrogen and oxygen atoms in total. The highest BCUT2D eigenvalue weighted by Gasteiger charge is 2.27. The van der Waals surface area contributed by atoms with Gasteiger partial charge in [-0.3, -0.25) is 0 Å². The number of fused-ring (bicyclic) bond motifs is 1. The van der Waals surface area contributed by atoms with Crippen molar-refractivity contribution >= 4 is 0 Å². The van der Waals surface area contributed by atoms with Gasteiger partial charge in [-0.1, -0.05) is 56.4 Å². The summed E-state index contributed by atoms with van der Waals surface area (Å²) in [6, 6.07) is 8.84. The van der Waals surface area contributed by atoms with Gasteiger partial charge in [0.05, 0.1) is 6.10 Å². The highest BCUT2D eigenvalue weighted by molar-refractivity contribution is 5.30. The van der Waals surface area contributed by atoms with Crippen LogP contribution in [-0.4, -0.2) is 17.3 Å². The van der Waals surface area contributed by atoms with Crippen LogP contribution in [0.3, 0.4) is 0 Å². The molecule has 2 aliphatic rings. The van der Waals surface area contributed by atoms with Crippen LogP contribution in [0, 0.1) is 5.92 Å². The third kappa shape index (κ3) is 3.18. The Labute approximate surface area is 116 Å². The minimum Gasteiger partial charge on any atom is -0.391 e. The van der Waals surface area contributed by atoms with Crippen molar-refractivity contribution in [1.82, 2.24) is 5.32 Å². The Morgan fingerprint density at radius 1 is 1.11 bits per heavy atom. The van der Waals surface area contributed by atoms with Gasteiger partial charge in [-0.05, 0) is 29.9 Å². The first-order valence-electron chi connectivity index (χ1n) is 7.81. The van der Waals surface area contributed by atoms with E-state index in [2.05, 4.69) is 29.6 Å². The van der Waals surface area contributed by atoms with Gasteiger partial charge < -0.3 is 10.4 Å². The van der Waals surface area contributed by atoms with Crippen molar-refractivity contribution < 1.29 is 5.11 Å². The van der Waals surface area contributed by atoms with Gasteiger partial charge in [0, 0.05) is 12.6 Å². The molecule has 2 atom stereocenters. The van der Waals surface area contributed by atoms with E-state index in [0.29, 0.717) is 0 Å². The summed E-state index contributed by atoms with van der Waals surface area (Å²) in [6.45, 7) is 0.905. The summed E-state index contributed by atoms with van der Waals surface area (Å²) in [4.78, 5) is 0. The molecule has 1 saturated carbocycles. The summed E-state index contributed by atoms with van der Waals surface area (Å²) in [7, 11) is 0. The largest absolute Gasteiger partial charge is 0.391 e. The second-order valence-electron chi connectivity index (χ2n) is 6.27. The molecule has 2 N–H and O–H groups in total. The lowest BCUT2D eigenvalue weighted by Gasteiger charge is -2.32. The standard InChI is InChI=1S/C17H25NO/c19-17(10-13-6-2-1-3-7-13)16-11-14-8-4-5-9-15(14)12-18-16/h4-5,8-9,13,16-19H,1-3,6-7,10-12H2/t16-,17+/m0/s1. The van der Waals surface area contributed by atoms with E-state index < -0.39 is 0 Å².